The minimum atomic E-state index is -0.483. The molecule has 2 rings (SSSR count). The predicted molar refractivity (Wildman–Crippen MR) is 72.4 cm³/mol. The molecule has 0 unspecified atom stereocenters. The van der Waals surface area contributed by atoms with Gasteiger partial charge in [-0.05, 0) is 25.0 Å². The van der Waals surface area contributed by atoms with Crippen LogP contribution in [-0.2, 0) is 6.54 Å². The van der Waals surface area contributed by atoms with E-state index in [1.807, 2.05) is 0 Å². The molecule has 100 valence electrons. The van der Waals surface area contributed by atoms with Crippen LogP contribution in [0.25, 0.3) is 0 Å². The molecule has 1 saturated carbocycles. The molecule has 1 aromatic carbocycles. The van der Waals surface area contributed by atoms with Crippen molar-refractivity contribution >= 4 is 15.9 Å². The molecule has 1 aliphatic carbocycles. The van der Waals surface area contributed by atoms with E-state index in [4.69, 9.17) is 0 Å². The van der Waals surface area contributed by atoms with Crippen molar-refractivity contribution in [3.8, 4) is 0 Å². The molecule has 1 nitrogen and oxygen atoms in total. The van der Waals surface area contributed by atoms with Gasteiger partial charge >= 0.3 is 0 Å². The van der Waals surface area contributed by atoms with Gasteiger partial charge in [0.25, 0.3) is 0 Å². The van der Waals surface area contributed by atoms with Crippen molar-refractivity contribution in [2.45, 2.75) is 51.1 Å². The van der Waals surface area contributed by atoms with Crippen LogP contribution < -0.4 is 5.32 Å². The van der Waals surface area contributed by atoms with Crippen molar-refractivity contribution in [2.24, 2.45) is 0 Å². The molecule has 0 radical (unpaired) electrons. The molecule has 0 spiro atoms. The Labute approximate surface area is 115 Å². The molecule has 0 saturated heterocycles. The summed E-state index contributed by atoms with van der Waals surface area (Å²) >= 11 is 3.08. The lowest BCUT2D eigenvalue weighted by molar-refractivity contribution is 0.442. The third kappa shape index (κ3) is 3.75. The van der Waals surface area contributed by atoms with E-state index < -0.39 is 11.6 Å². The van der Waals surface area contributed by atoms with Crippen molar-refractivity contribution in [1.29, 1.82) is 0 Å². The van der Waals surface area contributed by atoms with Crippen LogP contribution in [0.15, 0.2) is 16.6 Å². The zero-order valence-corrected chi connectivity index (χ0v) is 11.9. The maximum Gasteiger partial charge on any atom is 0.131 e. The maximum absolute atomic E-state index is 13.6. The largest absolute Gasteiger partial charge is 0.310 e. The molecule has 0 heterocycles. The summed E-state index contributed by atoms with van der Waals surface area (Å²) in [5.41, 5.74) is 0.141. The zero-order chi connectivity index (χ0) is 13.0. The van der Waals surface area contributed by atoms with Crippen LogP contribution >= 0.6 is 15.9 Å². The van der Waals surface area contributed by atoms with Crippen LogP contribution in [-0.4, -0.2) is 6.04 Å². The molecule has 18 heavy (non-hydrogen) atoms. The fourth-order valence-corrected chi connectivity index (χ4v) is 2.87. The van der Waals surface area contributed by atoms with E-state index >= 15 is 0 Å². The molecule has 0 aromatic heterocycles. The van der Waals surface area contributed by atoms with Crippen LogP contribution in [0.1, 0.15) is 44.1 Å². The van der Waals surface area contributed by atoms with E-state index in [1.165, 1.54) is 37.8 Å². The number of hydrogen-bond donors (Lipinski definition) is 1. The lowest BCUT2D eigenvalue weighted by Gasteiger charge is -2.16. The number of benzene rings is 1. The number of hydrogen-bond acceptors (Lipinski definition) is 1. The molecule has 0 amide bonds. The molecule has 0 aliphatic heterocycles. The first-order chi connectivity index (χ1) is 8.66. The average Bonchev–Trinajstić information content (AvgIpc) is 2.56. The molecule has 1 N–H and O–H groups in total. The van der Waals surface area contributed by atoms with Gasteiger partial charge < -0.3 is 5.32 Å². The van der Waals surface area contributed by atoms with Gasteiger partial charge in [0, 0.05) is 22.6 Å². The maximum atomic E-state index is 13.6. The lowest BCUT2D eigenvalue weighted by Crippen LogP contribution is -2.28. The standard InChI is InChI=1S/C14H18BrF2N/c15-10-7-13(16)12(14(17)8-10)9-18-11-5-3-1-2-4-6-11/h7-8,11,18H,1-6,9H2. The first-order valence-corrected chi connectivity index (χ1v) is 7.33. The number of nitrogens with one attached hydrogen (secondary N) is 1. The third-order valence-electron chi connectivity index (χ3n) is 3.53. The molecular formula is C14H18BrF2N. The quantitative estimate of drug-likeness (QED) is 0.807. The van der Waals surface area contributed by atoms with Crippen molar-refractivity contribution < 1.29 is 8.78 Å². The van der Waals surface area contributed by atoms with Crippen LogP contribution in [0, 0.1) is 11.6 Å². The Morgan fingerprint density at radius 1 is 1.06 bits per heavy atom. The highest BCUT2D eigenvalue weighted by atomic mass is 79.9. The van der Waals surface area contributed by atoms with Gasteiger partial charge in [0.05, 0.1) is 0 Å². The summed E-state index contributed by atoms with van der Waals surface area (Å²) in [4.78, 5) is 0. The van der Waals surface area contributed by atoms with Gasteiger partial charge in [-0.2, -0.15) is 0 Å². The highest BCUT2D eigenvalue weighted by Gasteiger charge is 2.15. The Morgan fingerprint density at radius 3 is 2.17 bits per heavy atom. The second kappa shape index (κ2) is 6.62. The van der Waals surface area contributed by atoms with Gasteiger partial charge in [-0.25, -0.2) is 8.78 Å². The fraction of sp³-hybridized carbons (Fsp3) is 0.571. The second-order valence-electron chi connectivity index (χ2n) is 4.92. The van der Waals surface area contributed by atoms with Crippen LogP contribution in [0.2, 0.25) is 0 Å². The molecule has 1 aromatic rings. The van der Waals surface area contributed by atoms with Gasteiger partial charge in [0.15, 0.2) is 0 Å². The summed E-state index contributed by atoms with van der Waals surface area (Å²) in [6.45, 7) is 0.273. The van der Waals surface area contributed by atoms with E-state index in [-0.39, 0.29) is 12.1 Å². The monoisotopic (exact) mass is 317 g/mol. The Kier molecular flexibility index (Phi) is 5.13. The molecule has 1 fully saturated rings. The Hall–Kier alpha value is -0.480. The Balaban J connectivity index is 1.97. The van der Waals surface area contributed by atoms with Gasteiger partial charge in [-0.15, -0.1) is 0 Å². The van der Waals surface area contributed by atoms with Gasteiger partial charge in [0.2, 0.25) is 0 Å². The lowest BCUT2D eigenvalue weighted by atomic mass is 10.1. The predicted octanol–water partition coefficient (Wildman–Crippen LogP) is 4.54. The summed E-state index contributed by atoms with van der Waals surface area (Å²) in [5, 5.41) is 3.28. The second-order valence-corrected chi connectivity index (χ2v) is 5.83. The topological polar surface area (TPSA) is 12.0 Å². The summed E-state index contributed by atoms with van der Waals surface area (Å²) in [6.07, 6.45) is 7.20. The number of rotatable bonds is 3. The average molecular weight is 318 g/mol. The highest BCUT2D eigenvalue weighted by molar-refractivity contribution is 9.10. The van der Waals surface area contributed by atoms with E-state index in [2.05, 4.69) is 21.2 Å². The minimum absolute atomic E-state index is 0.141. The summed E-state index contributed by atoms with van der Waals surface area (Å²) in [6, 6.07) is 3.02. The molecule has 1 aliphatic rings. The molecule has 0 bridgehead atoms. The van der Waals surface area contributed by atoms with E-state index in [0.29, 0.717) is 10.5 Å². The fourth-order valence-electron chi connectivity index (χ4n) is 2.47. The zero-order valence-electron chi connectivity index (χ0n) is 10.3. The van der Waals surface area contributed by atoms with Crippen molar-refractivity contribution in [2.75, 3.05) is 0 Å². The van der Waals surface area contributed by atoms with Gasteiger partial charge in [-0.1, -0.05) is 41.6 Å². The van der Waals surface area contributed by atoms with E-state index in [0.717, 1.165) is 12.8 Å². The van der Waals surface area contributed by atoms with Gasteiger partial charge in [0.1, 0.15) is 11.6 Å². The van der Waals surface area contributed by atoms with E-state index in [1.54, 1.807) is 0 Å². The summed E-state index contributed by atoms with van der Waals surface area (Å²) < 4.78 is 27.7. The Morgan fingerprint density at radius 2 is 1.61 bits per heavy atom. The third-order valence-corrected chi connectivity index (χ3v) is 3.99. The minimum Gasteiger partial charge on any atom is -0.310 e. The van der Waals surface area contributed by atoms with Crippen LogP contribution in [0.3, 0.4) is 0 Å². The molecule has 4 heteroatoms. The summed E-state index contributed by atoms with van der Waals surface area (Å²) in [7, 11) is 0. The van der Waals surface area contributed by atoms with Crippen LogP contribution in [0.5, 0.6) is 0 Å². The smallest absolute Gasteiger partial charge is 0.131 e. The Bertz CT molecular complexity index is 378. The number of halogens is 3. The van der Waals surface area contributed by atoms with Gasteiger partial charge in [-0.3, -0.25) is 0 Å². The summed E-state index contributed by atoms with van der Waals surface area (Å²) in [5.74, 6) is -0.967. The van der Waals surface area contributed by atoms with Crippen LogP contribution in [0.4, 0.5) is 8.78 Å². The highest BCUT2D eigenvalue weighted by Crippen LogP contribution is 2.21. The normalized spacial score (nSPS) is 17.7. The van der Waals surface area contributed by atoms with Crippen molar-refractivity contribution in [3.05, 3.63) is 33.8 Å². The van der Waals surface area contributed by atoms with Crippen molar-refractivity contribution in [3.63, 3.8) is 0 Å². The first-order valence-electron chi connectivity index (χ1n) is 6.53. The molecule has 0 atom stereocenters. The molecular weight excluding hydrogens is 300 g/mol. The first kappa shape index (κ1) is 13.9. The van der Waals surface area contributed by atoms with E-state index in [9.17, 15) is 8.78 Å². The SMILES string of the molecule is Fc1cc(Br)cc(F)c1CNC1CCCCCC1. The van der Waals surface area contributed by atoms with Crippen molar-refractivity contribution in [1.82, 2.24) is 5.32 Å².